The highest BCUT2D eigenvalue weighted by molar-refractivity contribution is 7.26. The molecule has 0 fully saturated rings. The van der Waals surface area contributed by atoms with Gasteiger partial charge < -0.3 is 0 Å². The molecule has 0 spiro atoms. The van der Waals surface area contributed by atoms with Crippen molar-refractivity contribution in [3.63, 3.8) is 0 Å². The molecule has 5 aromatic heterocycles. The molecular formula is C72H44N4S. The summed E-state index contributed by atoms with van der Waals surface area (Å²) in [7, 11) is 0. The van der Waals surface area contributed by atoms with Crippen molar-refractivity contribution in [1.29, 1.82) is 0 Å². The van der Waals surface area contributed by atoms with Crippen molar-refractivity contribution in [1.82, 2.24) is 19.9 Å². The SMILES string of the molecule is c1cncc(-c2cc(-c3cccnc3)cc(-c3c4ccccc4c(-c4ccc5c(c4)sc4c(-c6c7ccccc7c(-c7cc(-c8cccnc8)cc(-c8cccnc8)c7)c7ccccc67)cccc45)c4ccccc34)c2)c1. The van der Waals surface area contributed by atoms with Crippen molar-refractivity contribution in [2.45, 2.75) is 0 Å². The molecule has 5 heterocycles. The van der Waals surface area contributed by atoms with Gasteiger partial charge in [0.15, 0.2) is 0 Å². The van der Waals surface area contributed by atoms with Crippen LogP contribution in [0.25, 0.3) is 152 Å². The molecule has 15 rings (SSSR count). The summed E-state index contributed by atoms with van der Waals surface area (Å²) in [6.07, 6.45) is 15.1. The largest absolute Gasteiger partial charge is 0.264 e. The molecule has 0 atom stereocenters. The number of fused-ring (bicyclic) bond motifs is 7. The van der Waals surface area contributed by atoms with Crippen LogP contribution in [0.4, 0.5) is 0 Å². The lowest BCUT2D eigenvalue weighted by Gasteiger charge is -2.19. The van der Waals surface area contributed by atoms with Crippen molar-refractivity contribution < 1.29 is 0 Å². The Morgan fingerprint density at radius 3 is 0.922 bits per heavy atom. The van der Waals surface area contributed by atoms with Crippen LogP contribution < -0.4 is 0 Å². The van der Waals surface area contributed by atoms with Gasteiger partial charge in [0, 0.05) is 97.6 Å². The molecule has 0 saturated heterocycles. The van der Waals surface area contributed by atoms with Gasteiger partial charge in [-0.05, 0) is 171 Å². The van der Waals surface area contributed by atoms with Crippen molar-refractivity contribution in [3.05, 3.63) is 268 Å². The number of benzene rings is 10. The second-order valence-electron chi connectivity index (χ2n) is 19.7. The van der Waals surface area contributed by atoms with Crippen LogP contribution in [0.1, 0.15) is 0 Å². The first kappa shape index (κ1) is 44.5. The molecule has 0 amide bonds. The Labute approximate surface area is 448 Å². The number of pyridine rings is 4. The predicted molar refractivity (Wildman–Crippen MR) is 324 cm³/mol. The summed E-state index contributed by atoms with van der Waals surface area (Å²) in [4.78, 5) is 18.1. The normalized spacial score (nSPS) is 11.6. The van der Waals surface area contributed by atoms with Gasteiger partial charge in [-0.1, -0.05) is 152 Å². The summed E-state index contributed by atoms with van der Waals surface area (Å²) in [5.74, 6) is 0. The van der Waals surface area contributed by atoms with Gasteiger partial charge in [0.05, 0.1) is 0 Å². The Kier molecular flexibility index (Phi) is 10.7. The van der Waals surface area contributed by atoms with E-state index < -0.39 is 0 Å². The molecule has 0 aliphatic carbocycles. The molecule has 0 aliphatic heterocycles. The molecule has 0 bridgehead atoms. The van der Waals surface area contributed by atoms with Crippen LogP contribution in [0.2, 0.25) is 0 Å². The van der Waals surface area contributed by atoms with Crippen LogP contribution in [0.3, 0.4) is 0 Å². The van der Waals surface area contributed by atoms with Gasteiger partial charge in [0.2, 0.25) is 0 Å². The van der Waals surface area contributed by atoms with Crippen molar-refractivity contribution in [2.75, 3.05) is 0 Å². The zero-order chi connectivity index (χ0) is 50.8. The van der Waals surface area contributed by atoms with E-state index in [4.69, 9.17) is 0 Å². The molecule has 4 nitrogen and oxygen atoms in total. The van der Waals surface area contributed by atoms with Gasteiger partial charge in [-0.2, -0.15) is 0 Å². The quantitative estimate of drug-likeness (QED) is 0.142. The molecule has 358 valence electrons. The molecule has 0 N–H and O–H groups in total. The van der Waals surface area contributed by atoms with E-state index in [1.807, 2.05) is 85.2 Å². The maximum absolute atomic E-state index is 4.52. The number of rotatable bonds is 8. The second kappa shape index (κ2) is 18.5. The standard InChI is InChI=1S/C72H44N4S/c1-3-20-59-57(18-1)68(58-19-2-4-21-60(58)69(59)54-36-50(46-14-10-30-73-41-46)34-51(37-54)47-15-11-31-74-42-47)45-28-29-56-65-26-9-27-66(72(65)77-67(56)40-45)71-63-24-7-5-22-61(63)70(62-23-6-8-25-64(62)71)55-38-52(48-16-12-32-75-43-48)35-53(39-55)49-17-13-33-76-44-49/h1-44H. The monoisotopic (exact) mass is 996 g/mol. The zero-order valence-corrected chi connectivity index (χ0v) is 42.4. The fourth-order valence-corrected chi connectivity index (χ4v) is 13.2. The van der Waals surface area contributed by atoms with Gasteiger partial charge >= 0.3 is 0 Å². The molecule has 15 aromatic rings. The van der Waals surface area contributed by atoms with Gasteiger partial charge in [0.1, 0.15) is 0 Å². The van der Waals surface area contributed by atoms with E-state index >= 15 is 0 Å². The van der Waals surface area contributed by atoms with Crippen LogP contribution >= 0.6 is 11.3 Å². The smallest absolute Gasteiger partial charge is 0.0434 e. The first-order chi connectivity index (χ1) is 38.2. The summed E-state index contributed by atoms with van der Waals surface area (Å²) < 4.78 is 2.54. The third kappa shape index (κ3) is 7.58. The number of aromatic nitrogens is 4. The van der Waals surface area contributed by atoms with Crippen molar-refractivity contribution in [2.24, 2.45) is 0 Å². The topological polar surface area (TPSA) is 51.6 Å². The maximum Gasteiger partial charge on any atom is 0.0434 e. The molecule has 0 radical (unpaired) electrons. The van der Waals surface area contributed by atoms with E-state index in [9.17, 15) is 0 Å². The van der Waals surface area contributed by atoms with Gasteiger partial charge in [-0.25, -0.2) is 0 Å². The molecule has 77 heavy (non-hydrogen) atoms. The summed E-state index contributed by atoms with van der Waals surface area (Å²) >= 11 is 1.90. The van der Waals surface area contributed by atoms with E-state index in [2.05, 4.69) is 214 Å². The predicted octanol–water partition coefficient (Wildman–Crippen LogP) is 19.6. The lowest BCUT2D eigenvalue weighted by Crippen LogP contribution is -1.92. The number of thiophene rings is 1. The minimum absolute atomic E-state index is 1.07. The molecule has 5 heteroatoms. The van der Waals surface area contributed by atoms with Crippen molar-refractivity contribution >= 4 is 74.6 Å². The molecular weight excluding hydrogens is 953 g/mol. The molecule has 0 saturated carbocycles. The fourth-order valence-electron chi connectivity index (χ4n) is 12.0. The third-order valence-electron chi connectivity index (χ3n) is 15.3. The van der Waals surface area contributed by atoms with E-state index in [1.54, 1.807) is 0 Å². The average molecular weight is 997 g/mol. The van der Waals surface area contributed by atoms with Crippen LogP contribution in [0.15, 0.2) is 268 Å². The molecule has 10 aromatic carbocycles. The fraction of sp³-hybridized carbons (Fsp3) is 0. The first-order valence-electron chi connectivity index (χ1n) is 26.0. The van der Waals surface area contributed by atoms with E-state index in [0.29, 0.717) is 0 Å². The minimum atomic E-state index is 1.07. The highest BCUT2D eigenvalue weighted by atomic mass is 32.1. The average Bonchev–Trinajstić information content (AvgIpc) is 3.94. The lowest BCUT2D eigenvalue weighted by molar-refractivity contribution is 1.32. The Balaban J connectivity index is 0.920. The maximum atomic E-state index is 4.52. The summed E-state index contributed by atoms with van der Waals surface area (Å²) in [5.41, 5.74) is 18.4. The highest BCUT2D eigenvalue weighted by Gasteiger charge is 2.23. The van der Waals surface area contributed by atoms with Crippen LogP contribution in [-0.4, -0.2) is 19.9 Å². The Hall–Kier alpha value is -9.94. The number of hydrogen-bond acceptors (Lipinski definition) is 5. The van der Waals surface area contributed by atoms with E-state index in [1.165, 1.54) is 96.6 Å². The number of nitrogens with zero attached hydrogens (tertiary/aromatic N) is 4. The number of hydrogen-bond donors (Lipinski definition) is 0. The molecule has 0 unspecified atom stereocenters. The van der Waals surface area contributed by atoms with Crippen molar-refractivity contribution in [3.8, 4) is 89.0 Å². The molecule has 0 aliphatic rings. The Morgan fingerprint density at radius 2 is 0.558 bits per heavy atom. The second-order valence-corrected chi connectivity index (χ2v) is 20.8. The Bertz CT molecular complexity index is 4550. The van der Waals surface area contributed by atoms with E-state index in [0.717, 1.165) is 55.6 Å². The van der Waals surface area contributed by atoms with Crippen LogP contribution in [0.5, 0.6) is 0 Å². The van der Waals surface area contributed by atoms with Crippen LogP contribution in [0, 0.1) is 0 Å². The zero-order valence-electron chi connectivity index (χ0n) is 41.6. The first-order valence-corrected chi connectivity index (χ1v) is 26.8. The minimum Gasteiger partial charge on any atom is -0.264 e. The van der Waals surface area contributed by atoms with Crippen LogP contribution in [-0.2, 0) is 0 Å². The summed E-state index contributed by atoms with van der Waals surface area (Å²) in [6, 6.07) is 80.3. The highest BCUT2D eigenvalue weighted by Crippen LogP contribution is 2.51. The van der Waals surface area contributed by atoms with Gasteiger partial charge in [0.25, 0.3) is 0 Å². The lowest BCUT2D eigenvalue weighted by atomic mass is 9.84. The summed E-state index contributed by atoms with van der Waals surface area (Å²) in [5, 5.41) is 12.2. The summed E-state index contributed by atoms with van der Waals surface area (Å²) in [6.45, 7) is 0. The van der Waals surface area contributed by atoms with Gasteiger partial charge in [-0.3, -0.25) is 19.9 Å². The van der Waals surface area contributed by atoms with E-state index in [-0.39, 0.29) is 0 Å². The third-order valence-corrected chi connectivity index (χ3v) is 16.5. The Morgan fingerprint density at radius 1 is 0.221 bits per heavy atom. The van der Waals surface area contributed by atoms with Gasteiger partial charge in [-0.15, -0.1) is 11.3 Å².